The average molecular weight is 509 g/mol. The zero-order valence-electron chi connectivity index (χ0n) is 21.5. The van der Waals surface area contributed by atoms with Crippen LogP contribution in [0, 0.1) is 0 Å². The molecule has 0 unspecified atom stereocenters. The third-order valence-corrected chi connectivity index (χ3v) is 7.42. The van der Waals surface area contributed by atoms with E-state index in [1.165, 1.54) is 6.20 Å². The molecule has 5 rings (SSSR count). The van der Waals surface area contributed by atoms with Crippen LogP contribution in [0.25, 0.3) is 5.65 Å². The van der Waals surface area contributed by atoms with Crippen LogP contribution >= 0.6 is 0 Å². The SMILES string of the molecule is CNc1cc(NC2=CC=C[N+](=C3CCC(OC)CC3)C2=O)nc2c(C(=O)N[C@@H]3CC[C@@H](OC)C3)cnn12. The lowest BCUT2D eigenvalue weighted by Gasteiger charge is -2.20. The Morgan fingerprint density at radius 2 is 1.92 bits per heavy atom. The number of carbonyl (C=O) groups is 2. The molecule has 11 heteroatoms. The number of nitrogens with one attached hydrogen (secondary N) is 3. The minimum absolute atomic E-state index is 0.0525. The van der Waals surface area contributed by atoms with Gasteiger partial charge in [-0.15, -0.1) is 4.58 Å². The first-order valence-corrected chi connectivity index (χ1v) is 12.8. The fraction of sp³-hybridized carbons (Fsp3) is 0.500. The first kappa shape index (κ1) is 25.1. The van der Waals surface area contributed by atoms with Gasteiger partial charge in [0, 0.05) is 52.3 Å². The lowest BCUT2D eigenvalue weighted by atomic mass is 9.95. The molecule has 3 aliphatic rings. The largest absolute Gasteiger partial charge is 0.440 e. The van der Waals surface area contributed by atoms with Gasteiger partial charge < -0.3 is 25.4 Å². The lowest BCUT2D eigenvalue weighted by molar-refractivity contribution is -0.380. The van der Waals surface area contributed by atoms with Gasteiger partial charge in [-0.2, -0.15) is 9.61 Å². The van der Waals surface area contributed by atoms with Gasteiger partial charge in [-0.05, 0) is 38.2 Å². The normalized spacial score (nSPS) is 23.9. The molecule has 1 aliphatic heterocycles. The summed E-state index contributed by atoms with van der Waals surface area (Å²) in [5, 5.41) is 13.7. The Labute approximate surface area is 215 Å². The first-order chi connectivity index (χ1) is 18.0. The van der Waals surface area contributed by atoms with E-state index in [4.69, 9.17) is 9.47 Å². The van der Waals surface area contributed by atoms with Crippen molar-refractivity contribution in [1.82, 2.24) is 19.9 Å². The Hall–Kier alpha value is -3.57. The summed E-state index contributed by atoms with van der Waals surface area (Å²) in [5.41, 5.74) is 2.26. The Morgan fingerprint density at radius 3 is 2.62 bits per heavy atom. The number of ether oxygens (including phenoxy) is 2. The third kappa shape index (κ3) is 5.14. The molecule has 196 valence electrons. The number of nitrogens with zero attached hydrogens (tertiary/aromatic N) is 4. The van der Waals surface area contributed by atoms with Crippen molar-refractivity contribution in [3.63, 3.8) is 0 Å². The molecule has 2 fully saturated rings. The molecule has 37 heavy (non-hydrogen) atoms. The zero-order chi connectivity index (χ0) is 25.9. The maximum atomic E-state index is 13.3. The quantitative estimate of drug-likeness (QED) is 0.488. The molecule has 2 saturated carbocycles. The summed E-state index contributed by atoms with van der Waals surface area (Å²) in [6.07, 6.45) is 13.3. The summed E-state index contributed by atoms with van der Waals surface area (Å²) in [5.74, 6) is 0.708. The minimum Gasteiger partial charge on any atom is -0.381 e. The van der Waals surface area contributed by atoms with Crippen LogP contribution in [0.3, 0.4) is 0 Å². The van der Waals surface area contributed by atoms with Crippen molar-refractivity contribution in [2.24, 2.45) is 0 Å². The second kappa shape index (κ2) is 10.8. The number of hydrogen-bond acceptors (Lipinski definition) is 8. The average Bonchev–Trinajstić information content (AvgIpc) is 3.56. The van der Waals surface area contributed by atoms with Gasteiger partial charge in [0.25, 0.3) is 5.91 Å². The molecule has 0 saturated heterocycles. The van der Waals surface area contributed by atoms with Crippen LogP contribution in [0.1, 0.15) is 55.3 Å². The van der Waals surface area contributed by atoms with Gasteiger partial charge in [-0.1, -0.05) is 0 Å². The molecule has 0 aromatic carbocycles. The Balaban J connectivity index is 1.37. The van der Waals surface area contributed by atoms with Gasteiger partial charge in [0.1, 0.15) is 17.2 Å². The van der Waals surface area contributed by atoms with Crippen LogP contribution in [-0.2, 0) is 14.3 Å². The van der Waals surface area contributed by atoms with Gasteiger partial charge in [0.15, 0.2) is 23.3 Å². The molecule has 3 heterocycles. The van der Waals surface area contributed by atoms with Crippen molar-refractivity contribution in [2.75, 3.05) is 31.9 Å². The number of hydrogen-bond donors (Lipinski definition) is 3. The van der Waals surface area contributed by atoms with E-state index in [1.54, 1.807) is 42.5 Å². The van der Waals surface area contributed by atoms with Crippen LogP contribution in [0.15, 0.2) is 36.3 Å². The predicted molar refractivity (Wildman–Crippen MR) is 139 cm³/mol. The van der Waals surface area contributed by atoms with Crippen molar-refractivity contribution in [1.29, 1.82) is 0 Å². The topological polar surface area (TPSA) is 122 Å². The van der Waals surface area contributed by atoms with Crippen molar-refractivity contribution in [3.05, 3.63) is 41.9 Å². The summed E-state index contributed by atoms with van der Waals surface area (Å²) in [6.45, 7) is 0. The molecule has 2 aromatic heterocycles. The van der Waals surface area contributed by atoms with Crippen molar-refractivity contribution >= 4 is 34.8 Å². The summed E-state index contributed by atoms with van der Waals surface area (Å²) >= 11 is 0. The molecular weight excluding hydrogens is 474 g/mol. The van der Waals surface area contributed by atoms with Crippen LogP contribution < -0.4 is 16.0 Å². The maximum absolute atomic E-state index is 13.3. The van der Waals surface area contributed by atoms with E-state index >= 15 is 0 Å². The highest BCUT2D eigenvalue weighted by Gasteiger charge is 2.32. The predicted octanol–water partition coefficient (Wildman–Crippen LogP) is 2.46. The number of aromatic nitrogens is 3. The molecule has 0 spiro atoms. The van der Waals surface area contributed by atoms with Crippen LogP contribution in [0.4, 0.5) is 11.6 Å². The van der Waals surface area contributed by atoms with Crippen LogP contribution in [-0.4, -0.2) is 76.2 Å². The van der Waals surface area contributed by atoms with Crippen LogP contribution in [0.5, 0.6) is 0 Å². The van der Waals surface area contributed by atoms with Crippen molar-refractivity contribution in [2.45, 2.75) is 63.2 Å². The second-order valence-electron chi connectivity index (χ2n) is 9.63. The Morgan fingerprint density at radius 1 is 1.14 bits per heavy atom. The van der Waals surface area contributed by atoms with E-state index in [0.717, 1.165) is 50.7 Å². The van der Waals surface area contributed by atoms with Gasteiger partial charge in [-0.25, -0.2) is 9.78 Å². The molecule has 2 atom stereocenters. The van der Waals surface area contributed by atoms with E-state index in [2.05, 4.69) is 26.0 Å². The highest BCUT2D eigenvalue weighted by molar-refractivity contribution is 6.00. The highest BCUT2D eigenvalue weighted by atomic mass is 16.5. The minimum atomic E-state index is -0.228. The van der Waals surface area contributed by atoms with Gasteiger partial charge in [-0.3, -0.25) is 4.79 Å². The van der Waals surface area contributed by atoms with Crippen LogP contribution in [0.2, 0.25) is 0 Å². The Bertz CT molecular complexity index is 1290. The number of allylic oxidation sites excluding steroid dienone is 2. The maximum Gasteiger partial charge on any atom is 0.440 e. The molecule has 2 amide bonds. The molecule has 11 nitrogen and oxygen atoms in total. The smallest absolute Gasteiger partial charge is 0.381 e. The number of amides is 2. The summed E-state index contributed by atoms with van der Waals surface area (Å²) < 4.78 is 14.2. The van der Waals surface area contributed by atoms with E-state index < -0.39 is 0 Å². The zero-order valence-corrected chi connectivity index (χ0v) is 21.5. The first-order valence-electron chi connectivity index (χ1n) is 12.8. The van der Waals surface area contributed by atoms with Crippen molar-refractivity contribution in [3.8, 4) is 0 Å². The second-order valence-corrected chi connectivity index (χ2v) is 9.63. The van der Waals surface area contributed by atoms with Gasteiger partial charge >= 0.3 is 5.91 Å². The molecular formula is C26H34N7O4+. The van der Waals surface area contributed by atoms with Gasteiger partial charge in [0.05, 0.1) is 18.4 Å². The van der Waals surface area contributed by atoms with Crippen molar-refractivity contribution < 1.29 is 23.6 Å². The molecule has 2 aliphatic carbocycles. The fourth-order valence-electron chi connectivity index (χ4n) is 5.29. The Kier molecular flexibility index (Phi) is 7.33. The van der Waals surface area contributed by atoms with E-state index in [1.807, 2.05) is 12.3 Å². The molecule has 0 radical (unpaired) electrons. The standard InChI is InChI=1S/C26H33N7O4/c1-27-23-14-22(30-21-5-4-12-32(26(21)35)17-7-10-18(36-2)11-8-17)31-24-20(15-28-33(23)24)25(34)29-16-6-9-19(13-16)37-3/h4-5,12,14-16,18-19H,6-11,13H2,1-3H3,(H2-,27,28,29,30,31,34)/p+1/t16-,18?,19-/m1/s1. The molecule has 0 bridgehead atoms. The number of rotatable bonds is 7. The number of anilines is 2. The summed E-state index contributed by atoms with van der Waals surface area (Å²) in [4.78, 5) is 31.1. The van der Waals surface area contributed by atoms with E-state index in [9.17, 15) is 9.59 Å². The molecule has 2 aromatic rings. The third-order valence-electron chi connectivity index (χ3n) is 7.42. The van der Waals surface area contributed by atoms with E-state index in [-0.39, 0.29) is 30.1 Å². The number of methoxy groups -OCH3 is 2. The van der Waals surface area contributed by atoms with E-state index in [0.29, 0.717) is 28.5 Å². The summed E-state index contributed by atoms with van der Waals surface area (Å²) in [7, 11) is 5.20. The fourth-order valence-corrected chi connectivity index (χ4v) is 5.29. The van der Waals surface area contributed by atoms with Gasteiger partial charge in [0.2, 0.25) is 0 Å². The monoisotopic (exact) mass is 508 g/mol. The highest BCUT2D eigenvalue weighted by Crippen LogP contribution is 2.25. The molecule has 3 N–H and O–H groups in total. The number of fused-ring (bicyclic) bond motifs is 1. The lowest BCUT2D eigenvalue weighted by Crippen LogP contribution is -2.33. The summed E-state index contributed by atoms with van der Waals surface area (Å²) in [6, 6.07) is 1.81. The number of carbonyl (C=O) groups excluding carboxylic acids is 2.